The SMILES string of the molecule is C=CC(=O)Nc1cccc(CC(=O)Nc2ccnnc2)c1. The number of hydrogen-bond donors (Lipinski definition) is 2. The third-order valence-corrected chi connectivity index (χ3v) is 2.61. The van der Waals surface area contributed by atoms with Gasteiger partial charge in [-0.25, -0.2) is 0 Å². The van der Waals surface area contributed by atoms with Crippen LogP contribution in [0, 0.1) is 0 Å². The summed E-state index contributed by atoms with van der Waals surface area (Å²) in [5.41, 5.74) is 2.00. The topological polar surface area (TPSA) is 84.0 Å². The van der Waals surface area contributed by atoms with E-state index >= 15 is 0 Å². The Balaban J connectivity index is 1.99. The van der Waals surface area contributed by atoms with Crippen LogP contribution in [0.5, 0.6) is 0 Å². The molecule has 6 heteroatoms. The van der Waals surface area contributed by atoms with Crippen molar-refractivity contribution >= 4 is 23.2 Å². The van der Waals surface area contributed by atoms with Crippen LogP contribution < -0.4 is 10.6 Å². The molecule has 0 saturated carbocycles. The minimum Gasteiger partial charge on any atom is -0.324 e. The van der Waals surface area contributed by atoms with Crippen molar-refractivity contribution in [1.82, 2.24) is 10.2 Å². The van der Waals surface area contributed by atoms with Crippen LogP contribution in [0.1, 0.15) is 5.56 Å². The van der Waals surface area contributed by atoms with Crippen LogP contribution in [0.2, 0.25) is 0 Å². The summed E-state index contributed by atoms with van der Waals surface area (Å²) in [5, 5.41) is 12.7. The maximum atomic E-state index is 11.9. The van der Waals surface area contributed by atoms with E-state index in [1.807, 2.05) is 6.07 Å². The van der Waals surface area contributed by atoms with Crippen LogP contribution in [-0.4, -0.2) is 22.0 Å². The number of nitrogens with one attached hydrogen (secondary N) is 2. The smallest absolute Gasteiger partial charge is 0.247 e. The Kier molecular flexibility index (Phi) is 4.76. The van der Waals surface area contributed by atoms with E-state index in [4.69, 9.17) is 0 Å². The highest BCUT2D eigenvalue weighted by Crippen LogP contribution is 2.12. The van der Waals surface area contributed by atoms with E-state index in [-0.39, 0.29) is 18.2 Å². The molecule has 0 aliphatic heterocycles. The fraction of sp³-hybridized carbons (Fsp3) is 0.0667. The molecular formula is C15H14N4O2. The summed E-state index contributed by atoms with van der Waals surface area (Å²) in [6, 6.07) is 8.73. The van der Waals surface area contributed by atoms with Crippen molar-refractivity contribution in [1.29, 1.82) is 0 Å². The standard InChI is InChI=1S/C15H14N4O2/c1-2-14(20)18-12-5-3-4-11(8-12)9-15(21)19-13-6-7-16-17-10-13/h2-8,10H,1,9H2,(H,18,20)(H,16,19,21). The first-order valence-electron chi connectivity index (χ1n) is 6.26. The zero-order valence-electron chi connectivity index (χ0n) is 11.2. The third kappa shape index (κ3) is 4.54. The Bertz CT molecular complexity index is 656. The van der Waals surface area contributed by atoms with Crippen LogP contribution >= 0.6 is 0 Å². The molecule has 2 amide bonds. The van der Waals surface area contributed by atoms with Crippen molar-refractivity contribution in [2.45, 2.75) is 6.42 Å². The zero-order valence-corrected chi connectivity index (χ0v) is 11.2. The molecule has 0 unspecified atom stereocenters. The van der Waals surface area contributed by atoms with Gasteiger partial charge >= 0.3 is 0 Å². The lowest BCUT2D eigenvalue weighted by Gasteiger charge is -2.07. The molecular weight excluding hydrogens is 268 g/mol. The van der Waals surface area contributed by atoms with Crippen molar-refractivity contribution in [2.75, 3.05) is 10.6 Å². The summed E-state index contributed by atoms with van der Waals surface area (Å²) in [6.45, 7) is 3.39. The second kappa shape index (κ2) is 6.95. The number of amides is 2. The number of rotatable bonds is 5. The maximum Gasteiger partial charge on any atom is 0.247 e. The highest BCUT2D eigenvalue weighted by Gasteiger charge is 2.05. The maximum absolute atomic E-state index is 11.9. The summed E-state index contributed by atoms with van der Waals surface area (Å²) in [4.78, 5) is 23.1. The lowest BCUT2D eigenvalue weighted by Crippen LogP contribution is -2.15. The molecule has 0 fully saturated rings. The minimum absolute atomic E-state index is 0.171. The largest absolute Gasteiger partial charge is 0.324 e. The van der Waals surface area contributed by atoms with Crippen LogP contribution in [-0.2, 0) is 16.0 Å². The molecule has 0 aliphatic rings. The molecule has 0 bridgehead atoms. The Labute approximate surface area is 121 Å². The molecule has 21 heavy (non-hydrogen) atoms. The molecule has 2 N–H and O–H groups in total. The number of anilines is 2. The molecule has 6 nitrogen and oxygen atoms in total. The number of hydrogen-bond acceptors (Lipinski definition) is 4. The van der Waals surface area contributed by atoms with E-state index in [0.717, 1.165) is 5.56 Å². The number of aromatic nitrogens is 2. The molecule has 1 aromatic carbocycles. The van der Waals surface area contributed by atoms with Gasteiger partial charge in [-0.3, -0.25) is 9.59 Å². The van der Waals surface area contributed by atoms with Crippen molar-refractivity contribution in [3.63, 3.8) is 0 Å². The summed E-state index contributed by atoms with van der Waals surface area (Å²) in [5.74, 6) is -0.463. The molecule has 2 aromatic rings. The van der Waals surface area contributed by atoms with Crippen LogP contribution in [0.4, 0.5) is 11.4 Å². The van der Waals surface area contributed by atoms with Gasteiger partial charge in [0.25, 0.3) is 0 Å². The van der Waals surface area contributed by atoms with E-state index in [2.05, 4.69) is 27.4 Å². The highest BCUT2D eigenvalue weighted by atomic mass is 16.2. The minimum atomic E-state index is -0.292. The van der Waals surface area contributed by atoms with Gasteiger partial charge in [-0.1, -0.05) is 18.7 Å². The van der Waals surface area contributed by atoms with Crippen LogP contribution in [0.3, 0.4) is 0 Å². The average molecular weight is 282 g/mol. The van der Waals surface area contributed by atoms with Gasteiger partial charge in [0.2, 0.25) is 11.8 Å². The van der Waals surface area contributed by atoms with E-state index in [1.165, 1.54) is 18.5 Å². The molecule has 0 saturated heterocycles. The highest BCUT2D eigenvalue weighted by molar-refractivity contribution is 5.99. The first kappa shape index (κ1) is 14.4. The van der Waals surface area contributed by atoms with Gasteiger partial charge in [0, 0.05) is 5.69 Å². The van der Waals surface area contributed by atoms with Crippen LogP contribution in [0.15, 0.2) is 55.4 Å². The summed E-state index contributed by atoms with van der Waals surface area (Å²) < 4.78 is 0. The number of carbonyl (C=O) groups is 2. The van der Waals surface area contributed by atoms with Crippen LogP contribution in [0.25, 0.3) is 0 Å². The van der Waals surface area contributed by atoms with E-state index in [0.29, 0.717) is 11.4 Å². The van der Waals surface area contributed by atoms with Gasteiger partial charge in [0.05, 0.1) is 24.5 Å². The van der Waals surface area contributed by atoms with E-state index < -0.39 is 0 Å². The summed E-state index contributed by atoms with van der Waals surface area (Å²) in [7, 11) is 0. The van der Waals surface area contributed by atoms with Gasteiger partial charge in [0.1, 0.15) is 0 Å². The predicted molar refractivity (Wildman–Crippen MR) is 79.6 cm³/mol. The van der Waals surface area contributed by atoms with Crippen molar-refractivity contribution < 1.29 is 9.59 Å². The summed E-state index contributed by atoms with van der Waals surface area (Å²) in [6.07, 6.45) is 4.36. The second-order valence-corrected chi connectivity index (χ2v) is 4.25. The first-order valence-corrected chi connectivity index (χ1v) is 6.26. The van der Waals surface area contributed by atoms with Gasteiger partial charge in [-0.15, -0.1) is 0 Å². The van der Waals surface area contributed by atoms with Crippen molar-refractivity contribution in [2.24, 2.45) is 0 Å². The van der Waals surface area contributed by atoms with E-state index in [1.54, 1.807) is 24.3 Å². The molecule has 106 valence electrons. The molecule has 1 heterocycles. The Hall–Kier alpha value is -3.02. The van der Waals surface area contributed by atoms with Gasteiger partial charge in [-0.2, -0.15) is 10.2 Å². The quantitative estimate of drug-likeness (QED) is 0.819. The normalized spacial score (nSPS) is 9.71. The first-order chi connectivity index (χ1) is 10.2. The van der Waals surface area contributed by atoms with E-state index in [9.17, 15) is 9.59 Å². The molecule has 0 atom stereocenters. The lowest BCUT2D eigenvalue weighted by atomic mass is 10.1. The number of nitrogens with zero attached hydrogens (tertiary/aromatic N) is 2. The second-order valence-electron chi connectivity index (χ2n) is 4.25. The Morgan fingerprint density at radius 3 is 2.71 bits per heavy atom. The number of benzene rings is 1. The van der Waals surface area contributed by atoms with Gasteiger partial charge in [0.15, 0.2) is 0 Å². The fourth-order valence-electron chi connectivity index (χ4n) is 1.71. The lowest BCUT2D eigenvalue weighted by molar-refractivity contribution is -0.115. The van der Waals surface area contributed by atoms with Crippen molar-refractivity contribution in [3.05, 3.63) is 60.9 Å². The average Bonchev–Trinajstić information content (AvgIpc) is 2.48. The van der Waals surface area contributed by atoms with Gasteiger partial charge < -0.3 is 10.6 Å². The Morgan fingerprint density at radius 2 is 2.00 bits per heavy atom. The number of carbonyl (C=O) groups excluding carboxylic acids is 2. The van der Waals surface area contributed by atoms with Crippen molar-refractivity contribution in [3.8, 4) is 0 Å². The molecule has 1 aromatic heterocycles. The fourth-order valence-corrected chi connectivity index (χ4v) is 1.71. The van der Waals surface area contributed by atoms with Gasteiger partial charge in [-0.05, 0) is 29.8 Å². The third-order valence-electron chi connectivity index (χ3n) is 2.61. The molecule has 2 rings (SSSR count). The predicted octanol–water partition coefficient (Wildman–Crippen LogP) is 1.78. The zero-order chi connectivity index (χ0) is 15.1. The Morgan fingerprint density at radius 1 is 1.14 bits per heavy atom. The molecule has 0 aliphatic carbocycles. The monoisotopic (exact) mass is 282 g/mol. The summed E-state index contributed by atoms with van der Waals surface area (Å²) >= 11 is 0. The molecule has 0 radical (unpaired) electrons. The molecule has 0 spiro atoms.